The van der Waals surface area contributed by atoms with E-state index in [1.54, 1.807) is 36.4 Å². The fourth-order valence-corrected chi connectivity index (χ4v) is 2.35. The summed E-state index contributed by atoms with van der Waals surface area (Å²) in [5, 5.41) is 22.7. The molecule has 1 heterocycles. The van der Waals surface area contributed by atoms with Gasteiger partial charge in [-0.3, -0.25) is 4.79 Å². The highest BCUT2D eigenvalue weighted by atomic mass is 16.1. The zero-order valence-electron chi connectivity index (χ0n) is 14.0. The number of nitrogens with one attached hydrogen (secondary N) is 2. The molecule has 0 fully saturated rings. The fourth-order valence-electron chi connectivity index (χ4n) is 2.35. The van der Waals surface area contributed by atoms with E-state index in [1.165, 1.54) is 5.56 Å². The minimum atomic E-state index is -0.349. The molecule has 0 saturated carbocycles. The Kier molecular flexibility index (Phi) is 5.53. The van der Waals surface area contributed by atoms with E-state index in [4.69, 9.17) is 5.26 Å². The number of hydrogen-bond acceptors (Lipinski definition) is 5. The van der Waals surface area contributed by atoms with Crippen LogP contribution < -0.4 is 10.6 Å². The predicted octanol–water partition coefficient (Wildman–Crippen LogP) is 3.26. The third kappa shape index (κ3) is 4.65. The first-order valence-corrected chi connectivity index (χ1v) is 8.17. The summed E-state index contributed by atoms with van der Waals surface area (Å²) in [5.74, 6) is 0.272. The summed E-state index contributed by atoms with van der Waals surface area (Å²) in [4.78, 5) is 12.2. The number of aromatic nitrogens is 2. The van der Waals surface area contributed by atoms with E-state index in [-0.39, 0.29) is 11.6 Å². The highest BCUT2D eigenvalue weighted by molar-refractivity contribution is 6.02. The monoisotopic (exact) mass is 343 g/mol. The Morgan fingerprint density at radius 1 is 0.962 bits per heavy atom. The van der Waals surface area contributed by atoms with Gasteiger partial charge in [0.2, 0.25) is 0 Å². The van der Waals surface area contributed by atoms with Crippen LogP contribution in [0.4, 0.5) is 11.5 Å². The third-order valence-corrected chi connectivity index (χ3v) is 3.73. The topological polar surface area (TPSA) is 90.7 Å². The molecule has 1 aromatic heterocycles. The molecule has 128 valence electrons. The van der Waals surface area contributed by atoms with Crippen LogP contribution in [-0.4, -0.2) is 22.6 Å². The van der Waals surface area contributed by atoms with E-state index in [2.05, 4.69) is 33.0 Å². The maximum atomic E-state index is 12.2. The van der Waals surface area contributed by atoms with Gasteiger partial charge in [-0.25, -0.2) is 0 Å². The first kappa shape index (κ1) is 17.1. The first-order valence-electron chi connectivity index (χ1n) is 8.17. The van der Waals surface area contributed by atoms with Crippen molar-refractivity contribution in [1.29, 1.82) is 5.26 Å². The lowest BCUT2D eigenvalue weighted by Crippen LogP contribution is -2.15. The number of rotatable bonds is 6. The Balaban J connectivity index is 1.53. The quantitative estimate of drug-likeness (QED) is 0.717. The van der Waals surface area contributed by atoms with E-state index in [1.807, 2.05) is 24.3 Å². The lowest BCUT2D eigenvalue weighted by atomic mass is 10.1. The van der Waals surface area contributed by atoms with Crippen LogP contribution in [-0.2, 0) is 6.42 Å². The normalized spacial score (nSPS) is 9.96. The molecule has 0 spiro atoms. The molecule has 2 aromatic carbocycles. The minimum Gasteiger partial charge on any atom is -0.368 e. The van der Waals surface area contributed by atoms with Gasteiger partial charge in [-0.15, -0.1) is 10.2 Å². The predicted molar refractivity (Wildman–Crippen MR) is 99.8 cm³/mol. The molecule has 0 bridgehead atoms. The Morgan fingerprint density at radius 3 is 2.38 bits per heavy atom. The minimum absolute atomic E-state index is 0.225. The van der Waals surface area contributed by atoms with Gasteiger partial charge in [0.15, 0.2) is 5.69 Å². The number of amides is 1. The van der Waals surface area contributed by atoms with Crippen molar-refractivity contribution in [3.05, 3.63) is 83.6 Å². The smallest absolute Gasteiger partial charge is 0.276 e. The number of carbonyl (C=O) groups excluding carboxylic acids is 1. The van der Waals surface area contributed by atoms with Crippen molar-refractivity contribution in [2.24, 2.45) is 0 Å². The zero-order chi connectivity index (χ0) is 18.2. The Morgan fingerprint density at radius 2 is 1.73 bits per heavy atom. The van der Waals surface area contributed by atoms with E-state index < -0.39 is 0 Å². The molecule has 2 N–H and O–H groups in total. The lowest BCUT2D eigenvalue weighted by molar-refractivity contribution is 0.102. The second kappa shape index (κ2) is 8.40. The second-order valence-corrected chi connectivity index (χ2v) is 5.61. The summed E-state index contributed by atoms with van der Waals surface area (Å²) in [6, 6.07) is 22.2. The molecule has 3 rings (SSSR count). The van der Waals surface area contributed by atoms with E-state index in [9.17, 15) is 4.79 Å². The van der Waals surface area contributed by atoms with Gasteiger partial charge >= 0.3 is 0 Å². The van der Waals surface area contributed by atoms with Crippen LogP contribution in [0, 0.1) is 11.3 Å². The zero-order valence-corrected chi connectivity index (χ0v) is 14.0. The summed E-state index contributed by atoms with van der Waals surface area (Å²) in [7, 11) is 0. The van der Waals surface area contributed by atoms with Gasteiger partial charge in [-0.1, -0.05) is 30.3 Å². The Hall–Kier alpha value is -3.72. The van der Waals surface area contributed by atoms with Gasteiger partial charge in [0.1, 0.15) is 5.82 Å². The molecular weight excluding hydrogens is 326 g/mol. The Labute approximate surface area is 151 Å². The van der Waals surface area contributed by atoms with Crippen molar-refractivity contribution >= 4 is 17.4 Å². The van der Waals surface area contributed by atoms with E-state index >= 15 is 0 Å². The average molecular weight is 343 g/mol. The van der Waals surface area contributed by atoms with Gasteiger partial charge in [0.05, 0.1) is 11.6 Å². The summed E-state index contributed by atoms with van der Waals surface area (Å²) in [6.07, 6.45) is 0.878. The molecule has 3 aromatic rings. The summed E-state index contributed by atoms with van der Waals surface area (Å²) in [6.45, 7) is 0.732. The van der Waals surface area contributed by atoms with Crippen LogP contribution in [0.5, 0.6) is 0 Å². The van der Waals surface area contributed by atoms with Crippen LogP contribution in [0.1, 0.15) is 21.6 Å². The Bertz CT molecular complexity index is 900. The van der Waals surface area contributed by atoms with Gasteiger partial charge in [-0.05, 0) is 48.4 Å². The molecule has 0 radical (unpaired) electrons. The molecule has 6 heteroatoms. The number of anilines is 2. The van der Waals surface area contributed by atoms with E-state index in [0.717, 1.165) is 13.0 Å². The molecular formula is C20H17N5O. The molecule has 0 aliphatic rings. The van der Waals surface area contributed by atoms with Crippen LogP contribution in [0.2, 0.25) is 0 Å². The van der Waals surface area contributed by atoms with Crippen molar-refractivity contribution < 1.29 is 4.79 Å². The second-order valence-electron chi connectivity index (χ2n) is 5.61. The summed E-state index contributed by atoms with van der Waals surface area (Å²) >= 11 is 0. The van der Waals surface area contributed by atoms with Crippen molar-refractivity contribution in [3.8, 4) is 6.07 Å². The van der Waals surface area contributed by atoms with Crippen molar-refractivity contribution in [2.45, 2.75) is 6.42 Å². The molecule has 0 aliphatic heterocycles. The van der Waals surface area contributed by atoms with Gasteiger partial charge in [0, 0.05) is 12.2 Å². The number of benzene rings is 2. The average Bonchev–Trinajstić information content (AvgIpc) is 2.70. The molecule has 0 atom stereocenters. The van der Waals surface area contributed by atoms with E-state index in [0.29, 0.717) is 17.1 Å². The van der Waals surface area contributed by atoms with Crippen LogP contribution in [0.15, 0.2) is 66.7 Å². The molecule has 0 aliphatic carbocycles. The maximum Gasteiger partial charge on any atom is 0.276 e. The fraction of sp³-hybridized carbons (Fsp3) is 0.100. The number of nitriles is 1. The summed E-state index contributed by atoms with van der Waals surface area (Å²) < 4.78 is 0. The molecule has 6 nitrogen and oxygen atoms in total. The lowest BCUT2D eigenvalue weighted by Gasteiger charge is -2.07. The molecule has 26 heavy (non-hydrogen) atoms. The van der Waals surface area contributed by atoms with Crippen molar-refractivity contribution in [1.82, 2.24) is 10.2 Å². The van der Waals surface area contributed by atoms with Crippen molar-refractivity contribution in [3.63, 3.8) is 0 Å². The molecule has 0 saturated heterocycles. The van der Waals surface area contributed by atoms with Crippen molar-refractivity contribution in [2.75, 3.05) is 17.2 Å². The number of hydrogen-bond donors (Lipinski definition) is 2. The SMILES string of the molecule is N#Cc1ccc(NC(=O)c2ccc(NCCc3ccccc3)nn2)cc1. The number of carbonyl (C=O) groups is 1. The molecule has 1 amide bonds. The van der Waals surface area contributed by atoms with Crippen LogP contribution in [0.3, 0.4) is 0 Å². The highest BCUT2D eigenvalue weighted by Crippen LogP contribution is 2.11. The van der Waals surface area contributed by atoms with Gasteiger partial charge < -0.3 is 10.6 Å². The standard InChI is InChI=1S/C20H17N5O/c21-14-16-6-8-17(9-7-16)23-20(26)18-10-11-19(25-24-18)22-13-12-15-4-2-1-3-5-15/h1-11H,12-13H2,(H,22,25)(H,23,26). The largest absolute Gasteiger partial charge is 0.368 e. The first-order chi connectivity index (χ1) is 12.7. The van der Waals surface area contributed by atoms with Crippen LogP contribution >= 0.6 is 0 Å². The maximum absolute atomic E-state index is 12.2. The highest BCUT2D eigenvalue weighted by Gasteiger charge is 2.08. The third-order valence-electron chi connectivity index (χ3n) is 3.73. The van der Waals surface area contributed by atoms with Crippen LogP contribution in [0.25, 0.3) is 0 Å². The summed E-state index contributed by atoms with van der Waals surface area (Å²) in [5.41, 5.74) is 2.60. The number of nitrogens with zero attached hydrogens (tertiary/aromatic N) is 3. The van der Waals surface area contributed by atoms with Gasteiger partial charge in [0.25, 0.3) is 5.91 Å². The van der Waals surface area contributed by atoms with Gasteiger partial charge in [-0.2, -0.15) is 5.26 Å². The molecule has 0 unspecified atom stereocenters.